The van der Waals surface area contributed by atoms with Crippen LogP contribution in [0.3, 0.4) is 0 Å². The van der Waals surface area contributed by atoms with E-state index in [-0.39, 0.29) is 28.1 Å². The van der Waals surface area contributed by atoms with Crippen LogP contribution in [0.15, 0.2) is 23.1 Å². The van der Waals surface area contributed by atoms with E-state index in [0.717, 1.165) is 31.9 Å². The molecule has 0 saturated carbocycles. The van der Waals surface area contributed by atoms with Gasteiger partial charge in [-0.05, 0) is 43.7 Å². The molecule has 0 unspecified atom stereocenters. The molecule has 160 valence electrons. The molecule has 0 aromatic heterocycles. The number of carbonyl (C=O) groups is 1. The number of benzene rings is 1. The minimum Gasteiger partial charge on any atom is -0.379 e. The lowest BCUT2D eigenvalue weighted by Crippen LogP contribution is -2.39. The van der Waals surface area contributed by atoms with Crippen molar-refractivity contribution < 1.29 is 18.1 Å². The van der Waals surface area contributed by atoms with E-state index in [9.17, 15) is 23.3 Å². The monoisotopic (exact) mass is 424 g/mol. The Morgan fingerprint density at radius 1 is 1.28 bits per heavy atom. The van der Waals surface area contributed by atoms with Crippen molar-refractivity contribution in [3.63, 3.8) is 0 Å². The molecule has 1 aromatic rings. The van der Waals surface area contributed by atoms with Crippen LogP contribution in [-0.4, -0.2) is 61.2 Å². The van der Waals surface area contributed by atoms with Gasteiger partial charge in [0.25, 0.3) is 5.69 Å². The lowest BCUT2D eigenvalue weighted by Gasteiger charge is -2.30. The Bertz CT molecular complexity index is 873. The van der Waals surface area contributed by atoms with Gasteiger partial charge in [-0.15, -0.1) is 0 Å². The topological polar surface area (TPSA) is 113 Å². The van der Waals surface area contributed by atoms with Crippen LogP contribution >= 0.6 is 0 Å². The smallest absolute Gasteiger partial charge is 0.293 e. The molecule has 0 bridgehead atoms. The number of hydrogen-bond acceptors (Lipinski definition) is 6. The van der Waals surface area contributed by atoms with Gasteiger partial charge >= 0.3 is 0 Å². The molecular weight excluding hydrogens is 396 g/mol. The van der Waals surface area contributed by atoms with E-state index in [0.29, 0.717) is 39.0 Å². The van der Waals surface area contributed by atoms with Crippen molar-refractivity contribution in [2.45, 2.75) is 43.9 Å². The van der Waals surface area contributed by atoms with Gasteiger partial charge in [-0.3, -0.25) is 14.9 Å². The van der Waals surface area contributed by atoms with Gasteiger partial charge in [-0.25, -0.2) is 8.42 Å². The number of nitro groups is 1. The fraction of sp³-hybridized carbons (Fsp3) is 0.632. The Morgan fingerprint density at radius 2 is 2.07 bits per heavy atom. The number of nitro benzene ring substituents is 1. The summed E-state index contributed by atoms with van der Waals surface area (Å²) in [4.78, 5) is 24.3. The van der Waals surface area contributed by atoms with E-state index in [2.05, 4.69) is 5.32 Å². The molecular formula is C19H28N4O5S. The fourth-order valence-corrected chi connectivity index (χ4v) is 5.54. The van der Waals surface area contributed by atoms with Crippen molar-refractivity contribution in [1.29, 1.82) is 0 Å². The molecule has 0 spiro atoms. The maximum absolute atomic E-state index is 12.9. The third-order valence-corrected chi connectivity index (χ3v) is 7.38. The third-order valence-electron chi connectivity index (χ3n) is 5.52. The van der Waals surface area contributed by atoms with Crippen molar-refractivity contribution in [3.8, 4) is 0 Å². The van der Waals surface area contributed by atoms with Gasteiger partial charge < -0.3 is 10.2 Å². The summed E-state index contributed by atoms with van der Waals surface area (Å²) in [5.41, 5.74) is 0.0297. The minimum atomic E-state index is -3.75. The molecule has 2 heterocycles. The average molecular weight is 425 g/mol. The number of amides is 1. The molecule has 9 nitrogen and oxygen atoms in total. The van der Waals surface area contributed by atoms with Crippen LogP contribution in [0, 0.1) is 16.0 Å². The van der Waals surface area contributed by atoms with Crippen molar-refractivity contribution in [2.24, 2.45) is 5.92 Å². The van der Waals surface area contributed by atoms with Gasteiger partial charge in [-0.1, -0.05) is 6.92 Å². The predicted octanol–water partition coefficient (Wildman–Crippen LogP) is 2.44. The first-order valence-electron chi connectivity index (χ1n) is 10.1. The first-order valence-corrected chi connectivity index (χ1v) is 11.5. The van der Waals surface area contributed by atoms with Crippen LogP contribution in [0.4, 0.5) is 11.4 Å². The minimum absolute atomic E-state index is 0.0495. The van der Waals surface area contributed by atoms with E-state index in [4.69, 9.17) is 0 Å². The van der Waals surface area contributed by atoms with Gasteiger partial charge in [0, 0.05) is 45.2 Å². The van der Waals surface area contributed by atoms with Gasteiger partial charge in [0.1, 0.15) is 5.69 Å². The summed E-state index contributed by atoms with van der Waals surface area (Å²) in [7, 11) is -3.75. The predicted molar refractivity (Wildman–Crippen MR) is 109 cm³/mol. The molecule has 1 aromatic carbocycles. The standard InChI is InChI=1S/C19H28N4O5S/c1-15-5-2-12-22(14-15)29(27,28)16-7-8-17(18(13-16)23(25)26)20-9-4-11-21-10-3-6-19(21)24/h7-8,13,15,20H,2-6,9-12,14H2,1H3/t15-/m1/s1. The fourth-order valence-electron chi connectivity index (χ4n) is 3.92. The number of carbonyl (C=O) groups excluding carboxylic acids is 1. The summed E-state index contributed by atoms with van der Waals surface area (Å²) in [5, 5.41) is 14.5. The Kier molecular flexibility index (Phi) is 6.74. The van der Waals surface area contributed by atoms with Crippen molar-refractivity contribution >= 4 is 27.3 Å². The number of anilines is 1. The first kappa shape index (κ1) is 21.5. The summed E-state index contributed by atoms with van der Waals surface area (Å²) in [6.45, 7) is 4.72. The van der Waals surface area contributed by atoms with Crippen LogP contribution in [0.1, 0.15) is 39.0 Å². The molecule has 2 aliphatic heterocycles. The number of nitrogens with one attached hydrogen (secondary N) is 1. The van der Waals surface area contributed by atoms with Crippen molar-refractivity contribution in [3.05, 3.63) is 28.3 Å². The molecule has 2 aliphatic rings. The van der Waals surface area contributed by atoms with Crippen LogP contribution in [0.5, 0.6) is 0 Å². The zero-order valence-corrected chi connectivity index (χ0v) is 17.5. The molecule has 1 atom stereocenters. The van der Waals surface area contributed by atoms with Crippen LogP contribution in [0.25, 0.3) is 0 Å². The summed E-state index contributed by atoms with van der Waals surface area (Å²) in [6.07, 6.45) is 3.91. The number of piperidine rings is 1. The van der Waals surface area contributed by atoms with E-state index in [1.54, 1.807) is 4.90 Å². The number of nitrogens with zero attached hydrogens (tertiary/aromatic N) is 3. The lowest BCUT2D eigenvalue weighted by atomic mass is 10.0. The van der Waals surface area contributed by atoms with E-state index >= 15 is 0 Å². The quantitative estimate of drug-likeness (QED) is 0.390. The maximum Gasteiger partial charge on any atom is 0.293 e. The van der Waals surface area contributed by atoms with Gasteiger partial charge in [0.05, 0.1) is 9.82 Å². The summed E-state index contributed by atoms with van der Waals surface area (Å²) < 4.78 is 27.2. The summed E-state index contributed by atoms with van der Waals surface area (Å²) in [5.74, 6) is 0.425. The molecule has 29 heavy (non-hydrogen) atoms. The molecule has 2 fully saturated rings. The van der Waals surface area contributed by atoms with Crippen LogP contribution in [0.2, 0.25) is 0 Å². The second-order valence-electron chi connectivity index (χ2n) is 7.81. The highest BCUT2D eigenvalue weighted by Crippen LogP contribution is 2.30. The molecule has 1 N–H and O–H groups in total. The second-order valence-corrected chi connectivity index (χ2v) is 9.75. The van der Waals surface area contributed by atoms with Gasteiger partial charge in [-0.2, -0.15) is 4.31 Å². The van der Waals surface area contributed by atoms with Gasteiger partial charge in [0.15, 0.2) is 0 Å². The first-order chi connectivity index (χ1) is 13.8. The molecule has 1 amide bonds. The van der Waals surface area contributed by atoms with Crippen LogP contribution in [-0.2, 0) is 14.8 Å². The average Bonchev–Trinajstić information content (AvgIpc) is 3.10. The molecule has 3 rings (SSSR count). The normalized spacial score (nSPS) is 20.8. The van der Waals surface area contributed by atoms with E-state index in [1.165, 1.54) is 16.4 Å². The molecule has 0 aliphatic carbocycles. The largest absolute Gasteiger partial charge is 0.379 e. The Hall–Kier alpha value is -2.20. The number of hydrogen-bond donors (Lipinski definition) is 1. The number of sulfonamides is 1. The number of rotatable bonds is 8. The van der Waals surface area contributed by atoms with Gasteiger partial charge in [0.2, 0.25) is 15.9 Å². The Morgan fingerprint density at radius 3 is 2.72 bits per heavy atom. The zero-order chi connectivity index (χ0) is 21.0. The maximum atomic E-state index is 12.9. The Balaban J connectivity index is 1.68. The van der Waals surface area contributed by atoms with Crippen molar-refractivity contribution in [2.75, 3.05) is 38.0 Å². The Labute approximate surface area is 171 Å². The highest BCUT2D eigenvalue weighted by Gasteiger charge is 2.30. The zero-order valence-electron chi connectivity index (χ0n) is 16.7. The molecule has 10 heteroatoms. The lowest BCUT2D eigenvalue weighted by molar-refractivity contribution is -0.384. The SMILES string of the molecule is C[C@@H]1CCCN(S(=O)(=O)c2ccc(NCCCN3CCCC3=O)c([N+](=O)[O-])c2)C1. The third kappa shape index (κ3) is 5.05. The van der Waals surface area contributed by atoms with E-state index < -0.39 is 14.9 Å². The van der Waals surface area contributed by atoms with Crippen molar-refractivity contribution in [1.82, 2.24) is 9.21 Å². The van der Waals surface area contributed by atoms with E-state index in [1.807, 2.05) is 6.92 Å². The highest BCUT2D eigenvalue weighted by molar-refractivity contribution is 7.89. The molecule has 2 saturated heterocycles. The highest BCUT2D eigenvalue weighted by atomic mass is 32.2. The summed E-state index contributed by atoms with van der Waals surface area (Å²) >= 11 is 0. The second kappa shape index (κ2) is 9.08. The number of likely N-dealkylation sites (tertiary alicyclic amines) is 1. The molecule has 0 radical (unpaired) electrons. The van der Waals surface area contributed by atoms with Crippen LogP contribution < -0.4 is 5.32 Å². The summed E-state index contributed by atoms with van der Waals surface area (Å²) in [6, 6.07) is 4.02.